The maximum atomic E-state index is 13.5. The van der Waals surface area contributed by atoms with Crippen LogP contribution in [0.5, 0.6) is 23.0 Å². The Balaban J connectivity index is 0.000000378. The van der Waals surface area contributed by atoms with Crippen LogP contribution in [0.25, 0.3) is 0 Å². The molecule has 240 valence electrons. The van der Waals surface area contributed by atoms with Crippen molar-refractivity contribution in [3.63, 3.8) is 0 Å². The summed E-state index contributed by atoms with van der Waals surface area (Å²) in [5, 5.41) is 11.8. The molecule has 0 heterocycles. The standard InChI is InChI=1S/C21H24FNO6.C11H13F3O/c1-13(24)21(18-7-6-14(22)9-19(18)28-3)23-15-10-16(27-2)12-17(11-15)29-8-4-5-20(25)26;1-3-4-9-5-6-10(7-8(9)2)15-11(12,13)14/h6-7,9-12,21,23H,4-5,8H2,1-3H3,(H,25,26);5-7H,3-4H2,1-2H3. The monoisotopic (exact) mass is 623 g/mol. The number of halogens is 4. The molecular weight excluding hydrogens is 586 g/mol. The normalized spacial score (nSPS) is 11.5. The summed E-state index contributed by atoms with van der Waals surface area (Å²) >= 11 is 0. The highest BCUT2D eigenvalue weighted by atomic mass is 19.4. The van der Waals surface area contributed by atoms with Gasteiger partial charge in [0.1, 0.15) is 34.9 Å². The molecule has 3 aromatic rings. The van der Waals surface area contributed by atoms with E-state index >= 15 is 0 Å². The van der Waals surface area contributed by atoms with Crippen LogP contribution in [0.15, 0.2) is 54.6 Å². The molecular formula is C32H37F4NO7. The van der Waals surface area contributed by atoms with Crippen molar-refractivity contribution in [3.05, 3.63) is 77.1 Å². The van der Waals surface area contributed by atoms with E-state index < -0.39 is 24.2 Å². The van der Waals surface area contributed by atoms with Gasteiger partial charge in [-0.05, 0) is 62.1 Å². The Bertz CT molecular complexity index is 1400. The maximum Gasteiger partial charge on any atom is 0.573 e. The van der Waals surface area contributed by atoms with Gasteiger partial charge in [0, 0.05) is 41.9 Å². The fourth-order valence-corrected chi connectivity index (χ4v) is 4.17. The van der Waals surface area contributed by atoms with Crippen molar-refractivity contribution >= 4 is 17.4 Å². The second kappa shape index (κ2) is 17.0. The summed E-state index contributed by atoms with van der Waals surface area (Å²) in [6.07, 6.45) is -2.40. The summed E-state index contributed by atoms with van der Waals surface area (Å²) < 4.78 is 69.1. The van der Waals surface area contributed by atoms with Crippen molar-refractivity contribution in [2.75, 3.05) is 26.1 Å². The van der Waals surface area contributed by atoms with Crippen molar-refractivity contribution in [1.82, 2.24) is 0 Å². The van der Waals surface area contributed by atoms with Gasteiger partial charge in [-0.1, -0.05) is 19.4 Å². The van der Waals surface area contributed by atoms with Gasteiger partial charge in [-0.3, -0.25) is 9.59 Å². The van der Waals surface area contributed by atoms with Gasteiger partial charge in [0.15, 0.2) is 5.78 Å². The van der Waals surface area contributed by atoms with Crippen LogP contribution >= 0.6 is 0 Å². The number of carboxylic acids is 1. The fourth-order valence-electron chi connectivity index (χ4n) is 4.17. The van der Waals surface area contributed by atoms with Gasteiger partial charge in [-0.25, -0.2) is 4.39 Å². The Morgan fingerprint density at radius 1 is 0.955 bits per heavy atom. The molecule has 0 spiro atoms. The number of aryl methyl sites for hydroxylation is 2. The average molecular weight is 624 g/mol. The number of hydrogen-bond donors (Lipinski definition) is 2. The lowest BCUT2D eigenvalue weighted by Gasteiger charge is -2.21. The van der Waals surface area contributed by atoms with Gasteiger partial charge in [0.25, 0.3) is 0 Å². The maximum absolute atomic E-state index is 13.5. The molecule has 0 radical (unpaired) electrons. The number of ether oxygens (including phenoxy) is 4. The summed E-state index contributed by atoms with van der Waals surface area (Å²) in [7, 11) is 2.91. The molecule has 0 saturated carbocycles. The van der Waals surface area contributed by atoms with E-state index in [0.717, 1.165) is 24.0 Å². The molecule has 0 fully saturated rings. The van der Waals surface area contributed by atoms with Gasteiger partial charge in [-0.2, -0.15) is 0 Å². The fraction of sp³-hybridized carbons (Fsp3) is 0.375. The van der Waals surface area contributed by atoms with E-state index in [1.165, 1.54) is 51.5 Å². The molecule has 0 aromatic heterocycles. The number of aliphatic carboxylic acids is 1. The average Bonchev–Trinajstić information content (AvgIpc) is 2.95. The van der Waals surface area contributed by atoms with Gasteiger partial charge < -0.3 is 29.4 Å². The molecule has 1 atom stereocenters. The molecule has 3 aromatic carbocycles. The second-order valence-electron chi connectivity index (χ2n) is 9.70. The molecule has 0 aliphatic rings. The van der Waals surface area contributed by atoms with Crippen LogP contribution in [-0.2, 0) is 16.0 Å². The minimum absolute atomic E-state index is 0.00580. The molecule has 3 rings (SSSR count). The highest BCUT2D eigenvalue weighted by Crippen LogP contribution is 2.33. The Morgan fingerprint density at radius 3 is 2.23 bits per heavy atom. The Kier molecular flexibility index (Phi) is 13.8. The van der Waals surface area contributed by atoms with Crippen LogP contribution in [0.3, 0.4) is 0 Å². The van der Waals surface area contributed by atoms with E-state index in [1.54, 1.807) is 31.2 Å². The third-order valence-corrected chi connectivity index (χ3v) is 6.21. The zero-order valence-electron chi connectivity index (χ0n) is 25.2. The number of methoxy groups -OCH3 is 2. The summed E-state index contributed by atoms with van der Waals surface area (Å²) in [5.41, 5.74) is 2.93. The molecule has 8 nitrogen and oxygen atoms in total. The second-order valence-corrected chi connectivity index (χ2v) is 9.70. The van der Waals surface area contributed by atoms with Gasteiger partial charge in [-0.15, -0.1) is 13.2 Å². The van der Waals surface area contributed by atoms with E-state index in [-0.39, 0.29) is 30.3 Å². The van der Waals surface area contributed by atoms with E-state index in [2.05, 4.69) is 10.1 Å². The van der Waals surface area contributed by atoms with Crippen LogP contribution in [0, 0.1) is 12.7 Å². The number of rotatable bonds is 14. The largest absolute Gasteiger partial charge is 0.573 e. The number of carbonyl (C=O) groups is 2. The molecule has 44 heavy (non-hydrogen) atoms. The number of hydrogen-bond acceptors (Lipinski definition) is 7. The summed E-state index contributed by atoms with van der Waals surface area (Å²) in [6, 6.07) is 12.7. The molecule has 2 N–H and O–H groups in total. The zero-order chi connectivity index (χ0) is 32.9. The van der Waals surface area contributed by atoms with Crippen LogP contribution in [0.4, 0.5) is 23.2 Å². The number of carbonyl (C=O) groups excluding carboxylic acids is 1. The minimum Gasteiger partial charge on any atom is -0.497 e. The third-order valence-electron chi connectivity index (χ3n) is 6.21. The lowest BCUT2D eigenvalue weighted by molar-refractivity contribution is -0.274. The first kappa shape index (κ1) is 35.7. The topological polar surface area (TPSA) is 103 Å². The molecule has 0 amide bonds. The number of ketones is 1. The molecule has 12 heteroatoms. The van der Waals surface area contributed by atoms with E-state index in [1.807, 2.05) is 6.92 Å². The predicted octanol–water partition coefficient (Wildman–Crippen LogP) is 7.67. The number of benzene rings is 3. The van der Waals surface area contributed by atoms with Gasteiger partial charge >= 0.3 is 12.3 Å². The SMILES string of the molecule is CCCc1ccc(OC(F)(F)F)cc1C.COc1cc(NC(C(C)=O)c2ccc(F)cc2OC)cc(OCCCC(=O)O)c1. The van der Waals surface area contributed by atoms with Gasteiger partial charge in [0.2, 0.25) is 0 Å². The van der Waals surface area contributed by atoms with Crippen molar-refractivity contribution in [3.8, 4) is 23.0 Å². The lowest BCUT2D eigenvalue weighted by atomic mass is 10.0. The number of anilines is 1. The van der Waals surface area contributed by atoms with Crippen LogP contribution in [0.1, 0.15) is 55.8 Å². The first-order valence-corrected chi connectivity index (χ1v) is 13.8. The molecule has 0 aliphatic heterocycles. The Morgan fingerprint density at radius 2 is 1.66 bits per heavy atom. The van der Waals surface area contributed by atoms with Gasteiger partial charge in [0.05, 0.1) is 20.8 Å². The number of alkyl halides is 3. The zero-order valence-corrected chi connectivity index (χ0v) is 25.2. The number of carboxylic acid groups (broad SMARTS) is 1. The Labute approximate surface area is 253 Å². The van der Waals surface area contributed by atoms with Crippen molar-refractivity contribution in [1.29, 1.82) is 0 Å². The van der Waals surface area contributed by atoms with Crippen LogP contribution in [0.2, 0.25) is 0 Å². The molecule has 0 saturated heterocycles. The Hall–Kier alpha value is -4.48. The number of nitrogens with one attached hydrogen (secondary N) is 1. The first-order valence-electron chi connectivity index (χ1n) is 13.8. The lowest BCUT2D eigenvalue weighted by Crippen LogP contribution is -2.19. The smallest absolute Gasteiger partial charge is 0.497 e. The highest BCUT2D eigenvalue weighted by Gasteiger charge is 2.31. The van der Waals surface area contributed by atoms with Crippen molar-refractivity contribution in [2.45, 2.75) is 58.9 Å². The summed E-state index contributed by atoms with van der Waals surface area (Å²) in [4.78, 5) is 22.9. The predicted molar refractivity (Wildman–Crippen MR) is 157 cm³/mol. The third kappa shape index (κ3) is 12.0. The summed E-state index contributed by atoms with van der Waals surface area (Å²) in [5.74, 6) is -0.486. The van der Waals surface area contributed by atoms with E-state index in [0.29, 0.717) is 29.2 Å². The van der Waals surface area contributed by atoms with Crippen LogP contribution < -0.4 is 24.3 Å². The van der Waals surface area contributed by atoms with E-state index in [9.17, 15) is 27.2 Å². The molecule has 1 unspecified atom stereocenters. The summed E-state index contributed by atoms with van der Waals surface area (Å²) in [6.45, 7) is 5.46. The first-order chi connectivity index (χ1) is 20.8. The molecule has 0 bridgehead atoms. The minimum atomic E-state index is -4.61. The quantitative estimate of drug-likeness (QED) is 0.139. The highest BCUT2D eigenvalue weighted by molar-refractivity contribution is 5.86. The van der Waals surface area contributed by atoms with Crippen molar-refractivity contribution < 1.29 is 51.2 Å². The van der Waals surface area contributed by atoms with Crippen molar-refractivity contribution in [2.24, 2.45) is 0 Å². The van der Waals surface area contributed by atoms with E-state index in [4.69, 9.17) is 19.3 Å². The number of Topliss-reactive ketones (excluding diaryl/α,β-unsaturated/α-hetero) is 1. The molecule has 0 aliphatic carbocycles. The van der Waals surface area contributed by atoms with Crippen LogP contribution in [-0.4, -0.2) is 44.0 Å².